The Kier molecular flexibility index (Phi) is 5.56. The topological polar surface area (TPSA) is 52.6 Å². The van der Waals surface area contributed by atoms with Crippen molar-refractivity contribution in [3.05, 3.63) is 35.6 Å². The van der Waals surface area contributed by atoms with Gasteiger partial charge in [0, 0.05) is 13.6 Å². The molecule has 1 aliphatic carbocycles. The molecule has 1 aromatic rings. The van der Waals surface area contributed by atoms with Gasteiger partial charge in [0.25, 0.3) is 0 Å². The van der Waals surface area contributed by atoms with Crippen molar-refractivity contribution in [2.75, 3.05) is 20.2 Å². The van der Waals surface area contributed by atoms with Crippen LogP contribution in [0.25, 0.3) is 0 Å². The number of urea groups is 1. The van der Waals surface area contributed by atoms with Crippen LogP contribution >= 0.6 is 0 Å². The molecule has 1 aromatic carbocycles. The lowest BCUT2D eigenvalue weighted by molar-refractivity contribution is 0.182. The highest BCUT2D eigenvalue weighted by atomic mass is 19.1. The molecule has 4 nitrogen and oxygen atoms in total. The minimum atomic E-state index is -0.284. The summed E-state index contributed by atoms with van der Waals surface area (Å²) in [6, 6.07) is 6.04. The molecule has 1 saturated carbocycles. The number of benzene rings is 1. The lowest BCUT2D eigenvalue weighted by atomic mass is 9.91. The van der Waals surface area contributed by atoms with Gasteiger partial charge in [0.1, 0.15) is 5.82 Å². The second-order valence-electron chi connectivity index (χ2n) is 5.67. The van der Waals surface area contributed by atoms with E-state index in [0.717, 1.165) is 31.2 Å². The van der Waals surface area contributed by atoms with Crippen LogP contribution in [0.5, 0.6) is 0 Å². The van der Waals surface area contributed by atoms with E-state index in [2.05, 4.69) is 5.32 Å². The molecule has 0 spiro atoms. The molecule has 1 atom stereocenters. The lowest BCUT2D eigenvalue weighted by Crippen LogP contribution is -2.42. The molecule has 2 amide bonds. The molecule has 0 aliphatic heterocycles. The summed E-state index contributed by atoms with van der Waals surface area (Å²) in [4.78, 5) is 13.6. The van der Waals surface area contributed by atoms with E-state index < -0.39 is 0 Å². The van der Waals surface area contributed by atoms with Crippen molar-refractivity contribution >= 4 is 6.03 Å². The van der Waals surface area contributed by atoms with Crippen molar-refractivity contribution in [2.24, 2.45) is 5.92 Å². The number of likely N-dealkylation sites (N-methyl/N-ethyl adjacent to an activating group) is 1. The van der Waals surface area contributed by atoms with Gasteiger partial charge in [-0.1, -0.05) is 25.0 Å². The number of nitrogens with one attached hydrogen (secondary N) is 1. The Morgan fingerprint density at radius 3 is 2.81 bits per heavy atom. The maximum Gasteiger partial charge on any atom is 0.317 e. The van der Waals surface area contributed by atoms with E-state index in [9.17, 15) is 9.18 Å². The average Bonchev–Trinajstić information content (AvgIpc) is 2.98. The predicted molar refractivity (Wildman–Crippen MR) is 79.3 cm³/mol. The van der Waals surface area contributed by atoms with Crippen molar-refractivity contribution in [3.63, 3.8) is 0 Å². The van der Waals surface area contributed by atoms with E-state index >= 15 is 0 Å². The van der Waals surface area contributed by atoms with E-state index in [1.54, 1.807) is 13.1 Å². The van der Waals surface area contributed by atoms with E-state index in [4.69, 9.17) is 5.11 Å². The van der Waals surface area contributed by atoms with Gasteiger partial charge >= 0.3 is 6.03 Å². The number of amides is 2. The number of carbonyl (C=O) groups is 1. The number of hydrogen-bond donors (Lipinski definition) is 2. The Bertz CT molecular complexity index is 475. The van der Waals surface area contributed by atoms with Crippen LogP contribution < -0.4 is 5.32 Å². The third kappa shape index (κ3) is 4.17. The normalized spacial score (nSPS) is 16.7. The monoisotopic (exact) mass is 294 g/mol. The van der Waals surface area contributed by atoms with E-state index in [1.807, 2.05) is 6.07 Å². The summed E-state index contributed by atoms with van der Waals surface area (Å²) in [5, 5.41) is 11.9. The molecule has 0 bridgehead atoms. The SMILES string of the molecule is CN(CCO)C(=O)N[C@@H](c1cccc(F)c1)C1CCCC1. The Morgan fingerprint density at radius 1 is 1.48 bits per heavy atom. The van der Waals surface area contributed by atoms with Crippen LogP contribution in [0, 0.1) is 11.7 Å². The van der Waals surface area contributed by atoms with Crippen LogP contribution in [0.4, 0.5) is 9.18 Å². The van der Waals surface area contributed by atoms with E-state index in [0.29, 0.717) is 5.92 Å². The molecule has 0 aromatic heterocycles. The Hall–Kier alpha value is -1.62. The maximum absolute atomic E-state index is 13.5. The van der Waals surface area contributed by atoms with Crippen molar-refractivity contribution in [1.29, 1.82) is 0 Å². The van der Waals surface area contributed by atoms with Crippen molar-refractivity contribution in [1.82, 2.24) is 10.2 Å². The Morgan fingerprint density at radius 2 is 2.19 bits per heavy atom. The van der Waals surface area contributed by atoms with Gasteiger partial charge in [-0.3, -0.25) is 0 Å². The summed E-state index contributed by atoms with van der Waals surface area (Å²) in [6.07, 6.45) is 4.40. The molecular formula is C16H23FN2O2. The Labute approximate surface area is 125 Å². The second-order valence-corrected chi connectivity index (χ2v) is 5.67. The zero-order valence-corrected chi connectivity index (χ0v) is 12.4. The molecule has 116 valence electrons. The first-order valence-electron chi connectivity index (χ1n) is 7.49. The van der Waals surface area contributed by atoms with Crippen LogP contribution in [0.1, 0.15) is 37.3 Å². The quantitative estimate of drug-likeness (QED) is 0.877. The molecule has 1 aliphatic rings. The standard InChI is InChI=1S/C16H23FN2O2/c1-19(9-10-20)16(21)18-15(12-5-2-3-6-12)13-7-4-8-14(17)11-13/h4,7-8,11-12,15,20H,2-3,5-6,9-10H2,1H3,(H,18,21)/t15-/m1/s1. The largest absolute Gasteiger partial charge is 0.395 e. The van der Waals surface area contributed by atoms with Gasteiger partial charge in [-0.2, -0.15) is 0 Å². The number of hydrogen-bond acceptors (Lipinski definition) is 2. The van der Waals surface area contributed by atoms with Crippen LogP contribution in [0.3, 0.4) is 0 Å². The summed E-state index contributed by atoms with van der Waals surface area (Å²) in [7, 11) is 1.64. The number of aliphatic hydroxyl groups is 1. The first-order chi connectivity index (χ1) is 10.1. The predicted octanol–water partition coefficient (Wildman–Crippen LogP) is 2.69. The molecule has 0 heterocycles. The highest BCUT2D eigenvalue weighted by Gasteiger charge is 2.28. The molecule has 2 N–H and O–H groups in total. The summed E-state index contributed by atoms with van der Waals surface area (Å²) in [5.74, 6) is 0.0618. The summed E-state index contributed by atoms with van der Waals surface area (Å²) >= 11 is 0. The van der Waals surface area contributed by atoms with E-state index in [1.165, 1.54) is 17.0 Å². The molecule has 21 heavy (non-hydrogen) atoms. The van der Waals surface area contributed by atoms with Crippen LogP contribution in [-0.2, 0) is 0 Å². The molecule has 2 rings (SSSR count). The molecule has 0 unspecified atom stereocenters. The van der Waals surface area contributed by atoms with Gasteiger partial charge in [0.15, 0.2) is 0 Å². The minimum Gasteiger partial charge on any atom is -0.395 e. The summed E-state index contributed by atoms with van der Waals surface area (Å²) in [5.41, 5.74) is 0.813. The summed E-state index contributed by atoms with van der Waals surface area (Å²) in [6.45, 7) is 0.213. The molecule has 0 radical (unpaired) electrons. The molecule has 1 fully saturated rings. The first kappa shape index (κ1) is 15.8. The number of aliphatic hydroxyl groups excluding tert-OH is 1. The molecular weight excluding hydrogens is 271 g/mol. The number of halogens is 1. The smallest absolute Gasteiger partial charge is 0.317 e. The number of rotatable bonds is 5. The van der Waals surface area contributed by atoms with Crippen LogP contribution in [0.2, 0.25) is 0 Å². The van der Waals surface area contributed by atoms with Crippen molar-refractivity contribution in [3.8, 4) is 0 Å². The van der Waals surface area contributed by atoms with Gasteiger partial charge in [0.2, 0.25) is 0 Å². The van der Waals surface area contributed by atoms with Gasteiger partial charge in [0.05, 0.1) is 12.6 Å². The third-order valence-electron chi connectivity index (χ3n) is 4.14. The zero-order valence-electron chi connectivity index (χ0n) is 12.4. The lowest BCUT2D eigenvalue weighted by Gasteiger charge is -2.28. The van der Waals surface area contributed by atoms with E-state index in [-0.39, 0.29) is 31.0 Å². The van der Waals surface area contributed by atoms with Crippen LogP contribution in [0.15, 0.2) is 24.3 Å². The van der Waals surface area contributed by atoms with Gasteiger partial charge < -0.3 is 15.3 Å². The van der Waals surface area contributed by atoms with Crippen LogP contribution in [-0.4, -0.2) is 36.2 Å². The van der Waals surface area contributed by atoms with Gasteiger partial charge in [-0.15, -0.1) is 0 Å². The third-order valence-corrected chi connectivity index (χ3v) is 4.14. The fourth-order valence-corrected chi connectivity index (χ4v) is 2.96. The number of carbonyl (C=O) groups excluding carboxylic acids is 1. The number of nitrogens with zero attached hydrogens (tertiary/aromatic N) is 1. The molecule has 0 saturated heterocycles. The maximum atomic E-state index is 13.5. The molecule has 5 heteroatoms. The minimum absolute atomic E-state index is 0.0714. The highest BCUT2D eigenvalue weighted by Crippen LogP contribution is 2.36. The van der Waals surface area contributed by atoms with Gasteiger partial charge in [-0.25, -0.2) is 9.18 Å². The van der Waals surface area contributed by atoms with Gasteiger partial charge in [-0.05, 0) is 36.5 Å². The first-order valence-corrected chi connectivity index (χ1v) is 7.49. The summed E-state index contributed by atoms with van der Waals surface area (Å²) < 4.78 is 13.5. The van der Waals surface area contributed by atoms with Crippen molar-refractivity contribution < 1.29 is 14.3 Å². The fraction of sp³-hybridized carbons (Fsp3) is 0.562. The van der Waals surface area contributed by atoms with Crippen molar-refractivity contribution in [2.45, 2.75) is 31.7 Å². The zero-order chi connectivity index (χ0) is 15.2. The fourth-order valence-electron chi connectivity index (χ4n) is 2.96. The average molecular weight is 294 g/mol. The Balaban J connectivity index is 2.14. The highest BCUT2D eigenvalue weighted by molar-refractivity contribution is 5.74. The second kappa shape index (κ2) is 7.41.